The van der Waals surface area contributed by atoms with E-state index in [2.05, 4.69) is 22.0 Å². The molecule has 1 nitrogen and oxygen atoms in total. The first-order valence-electron chi connectivity index (χ1n) is 2.16. The first kappa shape index (κ1) is 10.1. The fraction of sp³-hybridized carbons (Fsp3) is 0. The summed E-state index contributed by atoms with van der Waals surface area (Å²) in [4.78, 5) is 0. The topological polar surface area (TPSA) is 20.2 Å². The van der Waals surface area contributed by atoms with Gasteiger partial charge in [-0.15, -0.1) is 12.1 Å². The molecule has 1 rings (SSSR count). The molecule has 42 valence electrons. The monoisotopic (exact) mass is 210 g/mol. The van der Waals surface area contributed by atoms with Crippen LogP contribution in [0.25, 0.3) is 0 Å². The summed E-state index contributed by atoms with van der Waals surface area (Å²) < 4.78 is 0.775. The molecule has 0 radical (unpaired) electrons. The molecule has 0 spiro atoms. The van der Waals surface area contributed by atoms with E-state index in [1.807, 2.05) is 0 Å². The zero-order chi connectivity index (χ0) is 5.98. The molecule has 0 aliphatic rings. The number of phenolic OH excluding ortho intramolecular Hbond substituents is 1. The van der Waals surface area contributed by atoms with Crippen molar-refractivity contribution in [2.75, 3.05) is 0 Å². The second-order valence-electron chi connectivity index (χ2n) is 1.38. The maximum Gasteiger partial charge on any atom is 1.00 e. The van der Waals surface area contributed by atoms with E-state index in [4.69, 9.17) is 5.11 Å². The summed E-state index contributed by atoms with van der Waals surface area (Å²) in [5.41, 5.74) is 0. The van der Waals surface area contributed by atoms with Crippen molar-refractivity contribution >= 4 is 15.9 Å². The number of hydrogen-bond acceptors (Lipinski definition) is 1. The van der Waals surface area contributed by atoms with Crippen LogP contribution in [0.15, 0.2) is 22.7 Å². The van der Waals surface area contributed by atoms with Crippen molar-refractivity contribution in [2.24, 2.45) is 0 Å². The predicted octanol–water partition coefficient (Wildman–Crippen LogP) is -1.04. The average molecular weight is 211 g/mol. The van der Waals surface area contributed by atoms with Gasteiger partial charge >= 0.3 is 51.4 Å². The molecule has 0 saturated carbocycles. The Labute approximate surface area is 105 Å². The van der Waals surface area contributed by atoms with Gasteiger partial charge < -0.3 is 5.11 Å². The van der Waals surface area contributed by atoms with Gasteiger partial charge in [0.15, 0.2) is 0 Å². The van der Waals surface area contributed by atoms with E-state index in [0.29, 0.717) is 0 Å². The minimum absolute atomic E-state index is 0. The van der Waals surface area contributed by atoms with Crippen molar-refractivity contribution in [1.82, 2.24) is 0 Å². The Hall–Kier alpha value is 1.14. The van der Waals surface area contributed by atoms with Gasteiger partial charge in [-0.2, -0.15) is 12.1 Å². The van der Waals surface area contributed by atoms with Crippen LogP contribution in [0.5, 0.6) is 5.75 Å². The van der Waals surface area contributed by atoms with Gasteiger partial charge in [-0.25, -0.2) is 0 Å². The summed E-state index contributed by atoms with van der Waals surface area (Å²) in [5.74, 6) is 0.166. The number of benzene rings is 1. The summed E-state index contributed by atoms with van der Waals surface area (Å²) in [6.45, 7) is 0. The molecule has 0 bridgehead atoms. The van der Waals surface area contributed by atoms with Crippen LogP contribution in [0.2, 0.25) is 0 Å². The quantitative estimate of drug-likeness (QED) is 0.429. The summed E-state index contributed by atoms with van der Waals surface area (Å²) >= 11 is 3.15. The van der Waals surface area contributed by atoms with Gasteiger partial charge in [0, 0.05) is 5.75 Å². The van der Waals surface area contributed by atoms with Crippen molar-refractivity contribution in [3.63, 3.8) is 0 Å². The number of phenols is 1. The molecule has 0 heterocycles. The first-order chi connectivity index (χ1) is 3.79. The molecule has 3 heteroatoms. The molecule has 0 amide bonds. The Balaban J connectivity index is 0.000000640. The summed E-state index contributed by atoms with van der Waals surface area (Å²) in [7, 11) is 0. The van der Waals surface area contributed by atoms with Crippen LogP contribution in [-0.2, 0) is 0 Å². The van der Waals surface area contributed by atoms with Crippen LogP contribution in [0.4, 0.5) is 0 Å². The predicted molar refractivity (Wildman–Crippen MR) is 34.6 cm³/mol. The molecule has 1 aromatic rings. The van der Waals surface area contributed by atoms with Crippen molar-refractivity contribution in [3.8, 4) is 5.75 Å². The van der Waals surface area contributed by atoms with E-state index >= 15 is 0 Å². The van der Waals surface area contributed by atoms with Crippen molar-refractivity contribution < 1.29 is 56.5 Å². The summed E-state index contributed by atoms with van der Waals surface area (Å²) in [6.07, 6.45) is 0. The van der Waals surface area contributed by atoms with Crippen LogP contribution in [0.1, 0.15) is 0 Å². The van der Waals surface area contributed by atoms with Gasteiger partial charge in [0.05, 0.1) is 0 Å². The van der Waals surface area contributed by atoms with E-state index < -0.39 is 0 Å². The van der Waals surface area contributed by atoms with Crippen LogP contribution in [0.3, 0.4) is 0 Å². The Morgan fingerprint density at radius 1 is 1.44 bits per heavy atom. The third kappa shape index (κ3) is 3.75. The number of rotatable bonds is 0. The van der Waals surface area contributed by atoms with E-state index in [9.17, 15) is 0 Å². The van der Waals surface area contributed by atoms with Crippen LogP contribution in [0, 0.1) is 6.07 Å². The molecule has 9 heavy (non-hydrogen) atoms. The van der Waals surface area contributed by atoms with Crippen molar-refractivity contribution in [1.29, 1.82) is 0 Å². The molecule has 0 atom stereocenters. The molecule has 0 aliphatic heterocycles. The number of hydrogen-bond donors (Lipinski definition) is 1. The van der Waals surface area contributed by atoms with Crippen molar-refractivity contribution in [3.05, 3.63) is 28.7 Å². The van der Waals surface area contributed by atoms with Gasteiger partial charge in [-0.1, -0.05) is 20.4 Å². The smallest absolute Gasteiger partial charge is 0.534 e. The second kappa shape index (κ2) is 4.88. The maximum absolute atomic E-state index is 8.73. The minimum Gasteiger partial charge on any atom is -0.534 e. The average Bonchev–Trinajstić information content (AvgIpc) is 1.64. The van der Waals surface area contributed by atoms with Crippen LogP contribution in [-0.4, -0.2) is 5.11 Å². The van der Waals surface area contributed by atoms with E-state index in [1.165, 1.54) is 0 Å². The molecule has 0 saturated heterocycles. The fourth-order valence-electron chi connectivity index (χ4n) is 0.429. The molecular formula is C6H4BrKO. The van der Waals surface area contributed by atoms with Gasteiger partial charge in [-0.3, -0.25) is 0 Å². The van der Waals surface area contributed by atoms with E-state index in [0.717, 1.165) is 4.47 Å². The molecule has 1 aromatic carbocycles. The molecule has 0 aliphatic carbocycles. The zero-order valence-electron chi connectivity index (χ0n) is 5.06. The third-order valence-corrected chi connectivity index (χ3v) is 1.21. The fourth-order valence-corrected chi connectivity index (χ4v) is 0.785. The number of halogens is 1. The van der Waals surface area contributed by atoms with Crippen molar-refractivity contribution in [2.45, 2.75) is 0 Å². The largest absolute Gasteiger partial charge is 1.00 e. The molecular weight excluding hydrogens is 207 g/mol. The normalized spacial score (nSPS) is 8.11. The first-order valence-corrected chi connectivity index (χ1v) is 2.95. The van der Waals surface area contributed by atoms with Gasteiger partial charge in [0.1, 0.15) is 0 Å². The molecule has 1 N–H and O–H groups in total. The minimum atomic E-state index is 0. The third-order valence-electron chi connectivity index (χ3n) is 0.744. The Bertz CT molecular complexity index is 173. The summed E-state index contributed by atoms with van der Waals surface area (Å²) in [5, 5.41) is 8.73. The molecule has 0 unspecified atom stereocenters. The SMILES string of the molecule is Oc1[c-]c(Br)ccc1.[K+]. The number of aromatic hydroxyl groups is 1. The van der Waals surface area contributed by atoms with Crippen LogP contribution < -0.4 is 51.4 Å². The maximum atomic E-state index is 8.73. The standard InChI is InChI=1S/C6H4BrO.K/c7-5-2-1-3-6(8)4-5;/h1-3,8H;/q-1;+1. The Morgan fingerprint density at radius 3 is 2.44 bits per heavy atom. The second-order valence-corrected chi connectivity index (χ2v) is 2.24. The Kier molecular flexibility index (Phi) is 5.49. The zero-order valence-corrected chi connectivity index (χ0v) is 9.77. The van der Waals surface area contributed by atoms with Gasteiger partial charge in [0.2, 0.25) is 0 Å². The Morgan fingerprint density at radius 2 is 2.11 bits per heavy atom. The van der Waals surface area contributed by atoms with Crippen LogP contribution >= 0.6 is 15.9 Å². The molecule has 0 aromatic heterocycles. The van der Waals surface area contributed by atoms with Gasteiger partial charge in [-0.05, 0) is 0 Å². The van der Waals surface area contributed by atoms with E-state index in [-0.39, 0.29) is 57.1 Å². The van der Waals surface area contributed by atoms with Gasteiger partial charge in [0.25, 0.3) is 0 Å². The van der Waals surface area contributed by atoms with E-state index in [1.54, 1.807) is 18.2 Å². The molecule has 0 fully saturated rings. The summed E-state index contributed by atoms with van der Waals surface area (Å²) in [6, 6.07) is 7.77.